The van der Waals surface area contributed by atoms with Crippen molar-refractivity contribution >= 4 is 17.5 Å². The second-order valence-corrected chi connectivity index (χ2v) is 8.09. The quantitative estimate of drug-likeness (QED) is 0.751. The van der Waals surface area contributed by atoms with Crippen molar-refractivity contribution < 1.29 is 9.59 Å². The number of piperazine rings is 1. The molecule has 2 amide bonds. The summed E-state index contributed by atoms with van der Waals surface area (Å²) in [6.07, 6.45) is 3.34. The minimum absolute atomic E-state index is 0.0692. The maximum Gasteiger partial charge on any atom is 0.224 e. The van der Waals surface area contributed by atoms with Gasteiger partial charge in [0.1, 0.15) is 0 Å². The molecule has 2 aliphatic heterocycles. The lowest BCUT2D eigenvalue weighted by molar-refractivity contribution is -0.131. The van der Waals surface area contributed by atoms with Crippen LogP contribution in [0.5, 0.6) is 0 Å². The average Bonchev–Trinajstić information content (AvgIpc) is 2.75. The van der Waals surface area contributed by atoms with Crippen LogP contribution < -0.4 is 15.5 Å². The first-order chi connectivity index (χ1) is 13.6. The van der Waals surface area contributed by atoms with Crippen molar-refractivity contribution in [3.8, 4) is 0 Å². The van der Waals surface area contributed by atoms with Crippen LogP contribution in [0.1, 0.15) is 32.6 Å². The number of hydrogen-bond acceptors (Lipinski definition) is 4. The fourth-order valence-electron chi connectivity index (χ4n) is 4.22. The molecule has 1 aromatic rings. The number of nitrogens with zero attached hydrogens (tertiary/aromatic N) is 2. The van der Waals surface area contributed by atoms with E-state index < -0.39 is 0 Å². The number of benzene rings is 1. The molecule has 2 saturated heterocycles. The summed E-state index contributed by atoms with van der Waals surface area (Å²) >= 11 is 0. The molecule has 0 aliphatic carbocycles. The third-order valence-electron chi connectivity index (χ3n) is 6.06. The molecular formula is C22H34N4O2. The summed E-state index contributed by atoms with van der Waals surface area (Å²) in [6.45, 7) is 7.91. The van der Waals surface area contributed by atoms with Crippen molar-refractivity contribution in [2.75, 3.05) is 50.7 Å². The fraction of sp³-hybridized carbons (Fsp3) is 0.636. The number of amides is 2. The molecule has 2 heterocycles. The van der Waals surface area contributed by atoms with Gasteiger partial charge in [-0.15, -0.1) is 0 Å². The van der Waals surface area contributed by atoms with Crippen LogP contribution in [0.25, 0.3) is 0 Å². The van der Waals surface area contributed by atoms with Gasteiger partial charge in [-0.25, -0.2) is 0 Å². The zero-order chi connectivity index (χ0) is 19.8. The summed E-state index contributed by atoms with van der Waals surface area (Å²) < 4.78 is 0. The largest absolute Gasteiger partial charge is 0.368 e. The van der Waals surface area contributed by atoms with Crippen molar-refractivity contribution in [1.82, 2.24) is 15.5 Å². The van der Waals surface area contributed by atoms with E-state index in [1.165, 1.54) is 18.5 Å². The highest BCUT2D eigenvalue weighted by molar-refractivity contribution is 5.79. The van der Waals surface area contributed by atoms with Crippen LogP contribution in [0.4, 0.5) is 5.69 Å². The van der Waals surface area contributed by atoms with Gasteiger partial charge in [0.05, 0.1) is 0 Å². The number of carbonyl (C=O) groups excluding carboxylic acids is 2. The molecular weight excluding hydrogens is 352 g/mol. The van der Waals surface area contributed by atoms with Gasteiger partial charge in [-0.1, -0.05) is 25.1 Å². The number of para-hydroxylation sites is 1. The minimum Gasteiger partial charge on any atom is -0.368 e. The van der Waals surface area contributed by atoms with Crippen molar-refractivity contribution in [1.29, 1.82) is 0 Å². The normalized spacial score (nSPS) is 21.2. The molecule has 154 valence electrons. The Morgan fingerprint density at radius 3 is 2.61 bits per heavy atom. The molecule has 2 N–H and O–H groups in total. The van der Waals surface area contributed by atoms with E-state index in [1.54, 1.807) is 0 Å². The maximum atomic E-state index is 12.4. The average molecular weight is 387 g/mol. The molecule has 28 heavy (non-hydrogen) atoms. The number of carbonyl (C=O) groups is 2. The van der Waals surface area contributed by atoms with Crippen LogP contribution in [0.3, 0.4) is 0 Å². The maximum absolute atomic E-state index is 12.4. The minimum atomic E-state index is 0.0692. The van der Waals surface area contributed by atoms with E-state index in [0.29, 0.717) is 31.2 Å². The van der Waals surface area contributed by atoms with Crippen LogP contribution in [-0.2, 0) is 9.59 Å². The number of nitrogens with one attached hydrogen (secondary N) is 2. The first-order valence-corrected chi connectivity index (χ1v) is 10.7. The Morgan fingerprint density at radius 2 is 1.93 bits per heavy atom. The number of rotatable bonds is 7. The Hall–Kier alpha value is -2.08. The Labute approximate surface area is 168 Å². The lowest BCUT2D eigenvalue weighted by Gasteiger charge is -2.36. The second-order valence-electron chi connectivity index (χ2n) is 8.09. The SMILES string of the molecule is CC(CC(=O)NCCC(=O)N1CCN(c2ccccc2)CC1)C1CCCNC1. The van der Waals surface area contributed by atoms with Gasteiger partial charge >= 0.3 is 0 Å². The van der Waals surface area contributed by atoms with Gasteiger partial charge in [-0.2, -0.15) is 0 Å². The van der Waals surface area contributed by atoms with E-state index in [2.05, 4.69) is 34.6 Å². The van der Waals surface area contributed by atoms with Crippen molar-refractivity contribution in [3.63, 3.8) is 0 Å². The number of hydrogen-bond donors (Lipinski definition) is 2. The molecule has 3 rings (SSSR count). The van der Waals surface area contributed by atoms with Gasteiger partial charge in [0.2, 0.25) is 11.8 Å². The summed E-state index contributed by atoms with van der Waals surface area (Å²) in [4.78, 5) is 28.9. The van der Waals surface area contributed by atoms with Crippen molar-refractivity contribution in [2.24, 2.45) is 11.8 Å². The van der Waals surface area contributed by atoms with Crippen molar-refractivity contribution in [3.05, 3.63) is 30.3 Å². The Bertz CT molecular complexity index is 623. The Morgan fingerprint density at radius 1 is 1.18 bits per heavy atom. The van der Waals surface area contributed by atoms with E-state index in [9.17, 15) is 9.59 Å². The molecule has 2 fully saturated rings. The third-order valence-corrected chi connectivity index (χ3v) is 6.06. The molecule has 0 radical (unpaired) electrons. The lowest BCUT2D eigenvalue weighted by atomic mass is 9.85. The first-order valence-electron chi connectivity index (χ1n) is 10.7. The van der Waals surface area contributed by atoms with Crippen LogP contribution in [0, 0.1) is 11.8 Å². The molecule has 0 saturated carbocycles. The second kappa shape index (κ2) is 10.5. The van der Waals surface area contributed by atoms with Gasteiger partial charge in [-0.3, -0.25) is 9.59 Å². The molecule has 0 bridgehead atoms. The summed E-state index contributed by atoms with van der Waals surface area (Å²) in [5.74, 6) is 1.17. The van der Waals surface area contributed by atoms with Crippen LogP contribution in [0.2, 0.25) is 0 Å². The summed E-state index contributed by atoms with van der Waals surface area (Å²) in [7, 11) is 0. The van der Waals surface area contributed by atoms with Crippen LogP contribution >= 0.6 is 0 Å². The fourth-order valence-corrected chi connectivity index (χ4v) is 4.22. The van der Waals surface area contributed by atoms with Gasteiger partial charge in [0.15, 0.2) is 0 Å². The highest BCUT2D eigenvalue weighted by Crippen LogP contribution is 2.22. The number of anilines is 1. The summed E-state index contributed by atoms with van der Waals surface area (Å²) in [6, 6.07) is 10.3. The zero-order valence-electron chi connectivity index (χ0n) is 17.0. The van der Waals surface area contributed by atoms with E-state index >= 15 is 0 Å². The lowest BCUT2D eigenvalue weighted by Crippen LogP contribution is -2.49. The highest BCUT2D eigenvalue weighted by Gasteiger charge is 2.23. The first kappa shape index (κ1) is 20.6. The third kappa shape index (κ3) is 5.96. The van der Waals surface area contributed by atoms with E-state index in [1.807, 2.05) is 23.1 Å². The molecule has 0 spiro atoms. The predicted octanol–water partition coefficient (Wildman–Crippen LogP) is 1.87. The van der Waals surface area contributed by atoms with Crippen LogP contribution in [-0.4, -0.2) is 62.5 Å². The number of piperidine rings is 1. The molecule has 2 aliphatic rings. The van der Waals surface area contributed by atoms with E-state index in [-0.39, 0.29) is 11.8 Å². The molecule has 2 unspecified atom stereocenters. The van der Waals surface area contributed by atoms with Gasteiger partial charge in [0.25, 0.3) is 0 Å². The van der Waals surface area contributed by atoms with Crippen LogP contribution in [0.15, 0.2) is 30.3 Å². The predicted molar refractivity (Wildman–Crippen MR) is 112 cm³/mol. The molecule has 0 aromatic heterocycles. The highest BCUT2D eigenvalue weighted by atomic mass is 16.2. The Balaban J connectivity index is 1.31. The smallest absolute Gasteiger partial charge is 0.224 e. The summed E-state index contributed by atoms with van der Waals surface area (Å²) in [5.41, 5.74) is 1.21. The van der Waals surface area contributed by atoms with E-state index in [4.69, 9.17) is 0 Å². The molecule has 1 aromatic carbocycles. The van der Waals surface area contributed by atoms with Crippen molar-refractivity contribution in [2.45, 2.75) is 32.6 Å². The van der Waals surface area contributed by atoms with E-state index in [0.717, 1.165) is 39.3 Å². The molecule has 6 heteroatoms. The van der Waals surface area contributed by atoms with Gasteiger partial charge in [0, 0.05) is 51.3 Å². The topological polar surface area (TPSA) is 64.7 Å². The zero-order valence-corrected chi connectivity index (χ0v) is 17.0. The Kier molecular flexibility index (Phi) is 7.71. The molecule has 2 atom stereocenters. The van der Waals surface area contributed by atoms with Gasteiger partial charge in [-0.05, 0) is 49.9 Å². The van der Waals surface area contributed by atoms with Gasteiger partial charge < -0.3 is 20.4 Å². The monoisotopic (exact) mass is 386 g/mol. The standard InChI is InChI=1S/C22H34N4O2/c1-18(19-6-5-10-23-17-19)16-21(27)24-11-9-22(28)26-14-12-25(13-15-26)20-7-3-2-4-8-20/h2-4,7-8,18-19,23H,5-6,9-17H2,1H3,(H,24,27). The molecule has 6 nitrogen and oxygen atoms in total. The summed E-state index contributed by atoms with van der Waals surface area (Å²) in [5, 5.41) is 6.35.